The van der Waals surface area contributed by atoms with Gasteiger partial charge in [-0.1, -0.05) is 38.8 Å². The van der Waals surface area contributed by atoms with Crippen LogP contribution in [0.2, 0.25) is 0 Å². The van der Waals surface area contributed by atoms with Crippen LogP contribution in [0.3, 0.4) is 0 Å². The first-order chi connectivity index (χ1) is 15.2. The average molecular weight is 455 g/mol. The number of nitriles is 1. The van der Waals surface area contributed by atoms with Gasteiger partial charge in [-0.05, 0) is 54.8 Å². The molecular weight excluding hydrogens is 428 g/mol. The second kappa shape index (κ2) is 9.45. The first-order valence-corrected chi connectivity index (χ1v) is 12.0. The molecule has 8 heteroatoms. The molecule has 0 aliphatic carbocycles. The predicted molar refractivity (Wildman–Crippen MR) is 120 cm³/mol. The quantitative estimate of drug-likeness (QED) is 0.535. The van der Waals surface area contributed by atoms with Crippen molar-refractivity contribution in [2.75, 3.05) is 4.72 Å². The SMILES string of the molecule is CCCC1(CCC)OC(=O)C(Cc2cccc(NS(=O)(=O)c3ccc(C#N)cc3)c2)=C1O. The number of benzene rings is 2. The van der Waals surface area contributed by atoms with E-state index in [1.54, 1.807) is 24.3 Å². The van der Waals surface area contributed by atoms with E-state index in [0.29, 0.717) is 29.7 Å². The van der Waals surface area contributed by atoms with Gasteiger partial charge in [0.2, 0.25) is 0 Å². The van der Waals surface area contributed by atoms with Gasteiger partial charge in [0.25, 0.3) is 10.0 Å². The summed E-state index contributed by atoms with van der Waals surface area (Å²) in [6.07, 6.45) is 2.75. The topological polar surface area (TPSA) is 116 Å². The van der Waals surface area contributed by atoms with E-state index in [0.717, 1.165) is 12.8 Å². The fourth-order valence-corrected chi connectivity index (χ4v) is 5.01. The Balaban J connectivity index is 1.84. The number of sulfonamides is 1. The minimum Gasteiger partial charge on any atom is -0.507 e. The highest BCUT2D eigenvalue weighted by molar-refractivity contribution is 7.92. The Kier molecular flexibility index (Phi) is 6.90. The number of esters is 1. The Morgan fingerprint density at radius 3 is 2.34 bits per heavy atom. The average Bonchev–Trinajstić information content (AvgIpc) is 2.98. The fraction of sp³-hybridized carbons (Fsp3) is 0.333. The van der Waals surface area contributed by atoms with E-state index in [2.05, 4.69) is 4.72 Å². The second-order valence-electron chi connectivity index (χ2n) is 7.83. The van der Waals surface area contributed by atoms with Crippen LogP contribution < -0.4 is 4.72 Å². The number of nitrogens with zero attached hydrogens (tertiary/aromatic N) is 1. The van der Waals surface area contributed by atoms with Crippen LogP contribution in [0, 0.1) is 11.3 Å². The molecule has 0 spiro atoms. The van der Waals surface area contributed by atoms with Gasteiger partial charge in [-0.25, -0.2) is 13.2 Å². The molecule has 0 bridgehead atoms. The van der Waals surface area contributed by atoms with Crippen molar-refractivity contribution in [3.05, 3.63) is 71.0 Å². The normalized spacial score (nSPS) is 15.3. The third-order valence-electron chi connectivity index (χ3n) is 5.41. The third-order valence-corrected chi connectivity index (χ3v) is 6.81. The Morgan fingerprint density at radius 1 is 1.09 bits per heavy atom. The minimum absolute atomic E-state index is 0.0187. The van der Waals surface area contributed by atoms with Gasteiger partial charge in [0.1, 0.15) is 5.76 Å². The monoisotopic (exact) mass is 454 g/mol. The van der Waals surface area contributed by atoms with Crippen molar-refractivity contribution in [2.45, 2.75) is 56.4 Å². The molecule has 2 aromatic carbocycles. The standard InChI is InChI=1S/C24H26N2O5S/c1-3-12-24(13-4-2)22(27)21(23(28)31-24)15-18-6-5-7-19(14-18)26-32(29,30)20-10-8-17(16-25)9-11-20/h5-11,14,26-27H,3-4,12-13,15H2,1-2H3. The Labute approximate surface area is 188 Å². The second-order valence-corrected chi connectivity index (χ2v) is 9.51. The summed E-state index contributed by atoms with van der Waals surface area (Å²) in [5.74, 6) is -0.553. The summed E-state index contributed by atoms with van der Waals surface area (Å²) in [5.41, 5.74) is 0.591. The molecule has 32 heavy (non-hydrogen) atoms. The number of aliphatic hydroxyl groups excluding tert-OH is 1. The summed E-state index contributed by atoms with van der Waals surface area (Å²) in [6, 6.07) is 14.2. The highest BCUT2D eigenvalue weighted by Gasteiger charge is 2.46. The summed E-state index contributed by atoms with van der Waals surface area (Å²) < 4.78 is 33.5. The molecule has 168 valence electrons. The van der Waals surface area contributed by atoms with Crippen molar-refractivity contribution in [1.82, 2.24) is 0 Å². The van der Waals surface area contributed by atoms with Gasteiger partial charge >= 0.3 is 5.97 Å². The van der Waals surface area contributed by atoms with E-state index in [9.17, 15) is 18.3 Å². The summed E-state index contributed by atoms with van der Waals surface area (Å²) in [7, 11) is -3.85. The van der Waals surface area contributed by atoms with E-state index in [-0.39, 0.29) is 22.6 Å². The maximum absolute atomic E-state index is 12.7. The molecule has 0 aromatic heterocycles. The summed E-state index contributed by atoms with van der Waals surface area (Å²) >= 11 is 0. The highest BCUT2D eigenvalue weighted by atomic mass is 32.2. The van der Waals surface area contributed by atoms with Crippen LogP contribution in [0.25, 0.3) is 0 Å². The Morgan fingerprint density at radius 2 is 1.75 bits per heavy atom. The van der Waals surface area contributed by atoms with Crippen LogP contribution in [0.4, 0.5) is 5.69 Å². The molecule has 0 atom stereocenters. The van der Waals surface area contributed by atoms with E-state index in [1.165, 1.54) is 24.3 Å². The molecule has 2 N–H and O–H groups in total. The van der Waals surface area contributed by atoms with Crippen molar-refractivity contribution in [1.29, 1.82) is 5.26 Å². The Bertz CT molecular complexity index is 1170. The molecule has 0 saturated heterocycles. The smallest absolute Gasteiger partial charge is 0.338 e. The summed E-state index contributed by atoms with van der Waals surface area (Å²) in [5, 5.41) is 19.7. The van der Waals surface area contributed by atoms with Gasteiger partial charge in [0, 0.05) is 12.1 Å². The number of nitrogens with one attached hydrogen (secondary N) is 1. The minimum atomic E-state index is -3.85. The number of aliphatic hydroxyl groups is 1. The predicted octanol–water partition coefficient (Wildman–Crippen LogP) is 4.61. The van der Waals surface area contributed by atoms with Crippen molar-refractivity contribution in [3.8, 4) is 6.07 Å². The number of ether oxygens (including phenoxy) is 1. The van der Waals surface area contributed by atoms with E-state index in [4.69, 9.17) is 10.00 Å². The van der Waals surface area contributed by atoms with Crippen molar-refractivity contribution < 1.29 is 23.1 Å². The van der Waals surface area contributed by atoms with E-state index in [1.807, 2.05) is 19.9 Å². The molecule has 3 rings (SSSR count). The van der Waals surface area contributed by atoms with Crippen molar-refractivity contribution >= 4 is 21.7 Å². The van der Waals surface area contributed by atoms with Gasteiger partial charge in [0.05, 0.1) is 22.1 Å². The molecule has 0 amide bonds. The first kappa shape index (κ1) is 23.4. The number of carbonyl (C=O) groups is 1. The molecule has 2 aromatic rings. The van der Waals surface area contributed by atoms with Crippen LogP contribution in [0.1, 0.15) is 50.7 Å². The third kappa shape index (κ3) is 4.78. The van der Waals surface area contributed by atoms with Crippen LogP contribution in [0.15, 0.2) is 64.8 Å². The molecule has 1 aliphatic rings. The number of cyclic esters (lactones) is 1. The molecule has 1 aliphatic heterocycles. The van der Waals surface area contributed by atoms with Crippen LogP contribution in [-0.2, 0) is 26.0 Å². The highest BCUT2D eigenvalue weighted by Crippen LogP contribution is 2.40. The lowest BCUT2D eigenvalue weighted by molar-refractivity contribution is -0.149. The number of carbonyl (C=O) groups excluding carboxylic acids is 1. The van der Waals surface area contributed by atoms with Gasteiger partial charge < -0.3 is 9.84 Å². The molecule has 7 nitrogen and oxygen atoms in total. The largest absolute Gasteiger partial charge is 0.507 e. The number of rotatable bonds is 9. The molecule has 1 heterocycles. The molecule has 0 fully saturated rings. The lowest BCUT2D eigenvalue weighted by Crippen LogP contribution is -2.31. The molecule has 0 unspecified atom stereocenters. The zero-order valence-corrected chi connectivity index (χ0v) is 18.9. The van der Waals surface area contributed by atoms with E-state index >= 15 is 0 Å². The van der Waals surface area contributed by atoms with Crippen LogP contribution in [0.5, 0.6) is 0 Å². The van der Waals surface area contributed by atoms with Gasteiger partial charge in [-0.15, -0.1) is 0 Å². The Hall–Kier alpha value is -3.31. The maximum Gasteiger partial charge on any atom is 0.338 e. The molecule has 0 saturated carbocycles. The van der Waals surface area contributed by atoms with Gasteiger partial charge in [0.15, 0.2) is 5.60 Å². The van der Waals surface area contributed by atoms with Gasteiger partial charge in [-0.3, -0.25) is 4.72 Å². The lowest BCUT2D eigenvalue weighted by Gasteiger charge is -2.27. The number of hydrogen-bond acceptors (Lipinski definition) is 6. The maximum atomic E-state index is 12.7. The van der Waals surface area contributed by atoms with Gasteiger partial charge in [-0.2, -0.15) is 5.26 Å². The van der Waals surface area contributed by atoms with Crippen LogP contribution >= 0.6 is 0 Å². The number of hydrogen-bond donors (Lipinski definition) is 2. The zero-order chi connectivity index (χ0) is 23.4. The van der Waals surface area contributed by atoms with Crippen LogP contribution in [-0.4, -0.2) is 25.1 Å². The summed E-state index contributed by atoms with van der Waals surface area (Å²) in [4.78, 5) is 12.6. The van der Waals surface area contributed by atoms with E-state index < -0.39 is 21.6 Å². The fourth-order valence-electron chi connectivity index (χ4n) is 3.96. The molecule has 0 radical (unpaired) electrons. The molecular formula is C24H26N2O5S. The summed E-state index contributed by atoms with van der Waals surface area (Å²) in [6.45, 7) is 3.94. The zero-order valence-electron chi connectivity index (χ0n) is 18.1. The number of anilines is 1. The lowest BCUT2D eigenvalue weighted by atomic mass is 9.89. The van der Waals surface area contributed by atoms with Crippen molar-refractivity contribution in [3.63, 3.8) is 0 Å². The first-order valence-electron chi connectivity index (χ1n) is 10.5. The van der Waals surface area contributed by atoms with Crippen molar-refractivity contribution in [2.24, 2.45) is 0 Å².